The summed E-state index contributed by atoms with van der Waals surface area (Å²) in [6, 6.07) is 0. The van der Waals surface area contributed by atoms with Crippen LogP contribution in [-0.2, 0) is 14.6 Å². The van der Waals surface area contributed by atoms with Crippen molar-refractivity contribution in [2.45, 2.75) is 37.9 Å². The number of sulfone groups is 1. The molecule has 1 amide bonds. The molecular weight excluding hydrogens is 240 g/mol. The van der Waals surface area contributed by atoms with E-state index in [1.165, 1.54) is 0 Å². The van der Waals surface area contributed by atoms with Gasteiger partial charge in [-0.3, -0.25) is 4.79 Å². The zero-order valence-corrected chi connectivity index (χ0v) is 11.1. The number of rotatable bonds is 6. The second-order valence-electron chi connectivity index (χ2n) is 4.81. The van der Waals surface area contributed by atoms with Crippen LogP contribution in [0.25, 0.3) is 0 Å². The minimum atomic E-state index is -2.95. The van der Waals surface area contributed by atoms with E-state index < -0.39 is 9.84 Å². The number of nitrogens with two attached hydrogens (primary N) is 1. The molecule has 0 aromatic rings. The third-order valence-corrected chi connectivity index (χ3v) is 5.53. The summed E-state index contributed by atoms with van der Waals surface area (Å²) in [5.41, 5.74) is 5.46. The van der Waals surface area contributed by atoms with Crippen molar-refractivity contribution in [1.82, 2.24) is 5.32 Å². The predicted molar refractivity (Wildman–Crippen MR) is 67.3 cm³/mol. The maximum atomic E-state index is 11.5. The summed E-state index contributed by atoms with van der Waals surface area (Å²) < 4.78 is 23.0. The van der Waals surface area contributed by atoms with Crippen LogP contribution < -0.4 is 11.1 Å². The molecule has 1 fully saturated rings. The molecule has 0 aromatic heterocycles. The highest BCUT2D eigenvalue weighted by molar-refractivity contribution is 7.92. The fraction of sp³-hybridized carbons (Fsp3) is 0.909. The van der Waals surface area contributed by atoms with Crippen LogP contribution in [0.1, 0.15) is 32.6 Å². The molecule has 1 aliphatic rings. The first-order chi connectivity index (χ1) is 7.95. The van der Waals surface area contributed by atoms with Gasteiger partial charge in [0, 0.05) is 13.0 Å². The topological polar surface area (TPSA) is 89.3 Å². The maximum absolute atomic E-state index is 11.5. The number of hydrogen-bond donors (Lipinski definition) is 2. The van der Waals surface area contributed by atoms with Crippen LogP contribution in [0.5, 0.6) is 0 Å². The van der Waals surface area contributed by atoms with Crippen LogP contribution in [-0.4, -0.2) is 38.4 Å². The van der Waals surface area contributed by atoms with Crippen LogP contribution in [0.15, 0.2) is 0 Å². The highest BCUT2D eigenvalue weighted by Gasteiger charge is 2.31. The first-order valence-electron chi connectivity index (χ1n) is 6.14. The van der Waals surface area contributed by atoms with E-state index in [1.54, 1.807) is 0 Å². The van der Waals surface area contributed by atoms with E-state index in [1.807, 2.05) is 6.92 Å². The van der Waals surface area contributed by atoms with Gasteiger partial charge < -0.3 is 11.1 Å². The van der Waals surface area contributed by atoms with E-state index in [4.69, 9.17) is 5.73 Å². The van der Waals surface area contributed by atoms with E-state index in [2.05, 4.69) is 5.32 Å². The van der Waals surface area contributed by atoms with Crippen LogP contribution in [0.2, 0.25) is 0 Å². The number of hydrogen-bond acceptors (Lipinski definition) is 4. The molecule has 5 nitrogen and oxygen atoms in total. The lowest BCUT2D eigenvalue weighted by molar-refractivity contribution is -0.121. The molecule has 0 bridgehead atoms. The number of carbonyl (C=O) groups excluding carboxylic acids is 1. The van der Waals surface area contributed by atoms with Crippen molar-refractivity contribution < 1.29 is 13.2 Å². The van der Waals surface area contributed by atoms with E-state index >= 15 is 0 Å². The van der Waals surface area contributed by atoms with Gasteiger partial charge in [-0.25, -0.2) is 8.42 Å². The first-order valence-corrected chi connectivity index (χ1v) is 7.85. The second-order valence-corrected chi connectivity index (χ2v) is 7.22. The summed E-state index contributed by atoms with van der Waals surface area (Å²) in [7, 11) is -2.95. The highest BCUT2D eigenvalue weighted by atomic mass is 32.2. The van der Waals surface area contributed by atoms with E-state index in [0.29, 0.717) is 31.7 Å². The average Bonchev–Trinajstić information content (AvgIpc) is 2.62. The summed E-state index contributed by atoms with van der Waals surface area (Å²) in [6.07, 6.45) is 2.56. The Balaban J connectivity index is 2.24. The van der Waals surface area contributed by atoms with Crippen molar-refractivity contribution in [3.8, 4) is 0 Å². The smallest absolute Gasteiger partial charge is 0.220 e. The Kier molecular flexibility index (Phi) is 5.39. The Morgan fingerprint density at radius 1 is 1.53 bits per heavy atom. The van der Waals surface area contributed by atoms with Crippen LogP contribution >= 0.6 is 0 Å². The molecule has 6 heteroatoms. The van der Waals surface area contributed by atoms with E-state index in [9.17, 15) is 13.2 Å². The molecule has 3 N–H and O–H groups in total. The number of nitrogens with one attached hydrogen (secondary N) is 1. The molecule has 1 saturated heterocycles. The molecule has 1 rings (SSSR count). The molecule has 0 spiro atoms. The number of carbonyl (C=O) groups is 1. The summed E-state index contributed by atoms with van der Waals surface area (Å²) in [5.74, 6) is 0.515. The molecule has 0 radical (unpaired) electrons. The van der Waals surface area contributed by atoms with Crippen molar-refractivity contribution in [1.29, 1.82) is 0 Å². The molecule has 17 heavy (non-hydrogen) atoms. The van der Waals surface area contributed by atoms with E-state index in [0.717, 1.165) is 6.42 Å². The van der Waals surface area contributed by atoms with Gasteiger partial charge in [0.2, 0.25) is 5.91 Å². The van der Waals surface area contributed by atoms with Gasteiger partial charge in [0.1, 0.15) is 0 Å². The molecule has 0 saturated carbocycles. The summed E-state index contributed by atoms with van der Waals surface area (Å²) in [4.78, 5) is 11.5. The Hall–Kier alpha value is -0.620. The van der Waals surface area contributed by atoms with Gasteiger partial charge >= 0.3 is 0 Å². The third-order valence-electron chi connectivity index (χ3n) is 3.26. The normalized spacial score (nSPS) is 24.5. The van der Waals surface area contributed by atoms with Gasteiger partial charge in [0.15, 0.2) is 9.84 Å². The lowest BCUT2D eigenvalue weighted by Crippen LogP contribution is -2.34. The van der Waals surface area contributed by atoms with Gasteiger partial charge in [0.25, 0.3) is 0 Å². The van der Waals surface area contributed by atoms with Crippen molar-refractivity contribution in [3.63, 3.8) is 0 Å². The summed E-state index contributed by atoms with van der Waals surface area (Å²) in [5, 5.41) is 2.32. The third kappa shape index (κ3) is 4.63. The van der Waals surface area contributed by atoms with Crippen LogP contribution in [0, 0.1) is 5.92 Å². The molecule has 1 heterocycles. The fourth-order valence-electron chi connectivity index (χ4n) is 1.90. The minimum Gasteiger partial charge on any atom is -0.355 e. The lowest BCUT2D eigenvalue weighted by atomic mass is 10.1. The molecular formula is C11H22N2O3S. The Labute approximate surface area is 103 Å². The van der Waals surface area contributed by atoms with Crippen LogP contribution in [0.4, 0.5) is 0 Å². The van der Waals surface area contributed by atoms with Crippen molar-refractivity contribution in [2.24, 2.45) is 11.7 Å². The van der Waals surface area contributed by atoms with Gasteiger partial charge in [-0.2, -0.15) is 0 Å². The SMILES string of the molecule is CC(CN)CCC(=O)NCC1CCCS1(=O)=O. The predicted octanol–water partition coefficient (Wildman–Crippen LogP) is 0.0548. The lowest BCUT2D eigenvalue weighted by Gasteiger charge is -2.12. The Bertz CT molecular complexity index is 354. The monoisotopic (exact) mass is 262 g/mol. The molecule has 2 unspecified atom stereocenters. The Morgan fingerprint density at radius 2 is 2.24 bits per heavy atom. The molecule has 2 atom stereocenters. The van der Waals surface area contributed by atoms with Gasteiger partial charge in [0.05, 0.1) is 11.0 Å². The summed E-state index contributed by atoms with van der Waals surface area (Å²) >= 11 is 0. The molecule has 0 aromatic carbocycles. The molecule has 1 aliphatic heterocycles. The minimum absolute atomic E-state index is 0.0765. The molecule has 100 valence electrons. The standard InChI is InChI=1S/C11H22N2O3S/c1-9(7-12)4-5-11(14)13-8-10-3-2-6-17(10,15)16/h9-10H,2-8,12H2,1H3,(H,13,14). The van der Waals surface area contributed by atoms with Crippen molar-refractivity contribution >= 4 is 15.7 Å². The second kappa shape index (κ2) is 6.35. The maximum Gasteiger partial charge on any atom is 0.220 e. The molecule has 0 aliphatic carbocycles. The summed E-state index contributed by atoms with van der Waals surface area (Å²) in [6.45, 7) is 2.83. The highest BCUT2D eigenvalue weighted by Crippen LogP contribution is 2.19. The largest absolute Gasteiger partial charge is 0.355 e. The zero-order chi connectivity index (χ0) is 12.9. The van der Waals surface area contributed by atoms with Crippen molar-refractivity contribution in [2.75, 3.05) is 18.8 Å². The van der Waals surface area contributed by atoms with Crippen molar-refractivity contribution in [3.05, 3.63) is 0 Å². The zero-order valence-electron chi connectivity index (χ0n) is 10.3. The van der Waals surface area contributed by atoms with E-state index in [-0.39, 0.29) is 23.5 Å². The van der Waals surface area contributed by atoms with Crippen LogP contribution in [0.3, 0.4) is 0 Å². The number of amides is 1. The first kappa shape index (κ1) is 14.4. The van der Waals surface area contributed by atoms with Gasteiger partial charge in [-0.1, -0.05) is 6.92 Å². The van der Waals surface area contributed by atoms with Gasteiger partial charge in [-0.15, -0.1) is 0 Å². The fourth-order valence-corrected chi connectivity index (χ4v) is 3.66. The Morgan fingerprint density at radius 3 is 2.76 bits per heavy atom. The quantitative estimate of drug-likeness (QED) is 0.708. The van der Waals surface area contributed by atoms with Gasteiger partial charge in [-0.05, 0) is 31.7 Å². The average molecular weight is 262 g/mol.